The van der Waals surface area contributed by atoms with Gasteiger partial charge in [0.15, 0.2) is 12.4 Å². The second-order valence-electron chi connectivity index (χ2n) is 4.18. The number of fused-ring (bicyclic) bond motifs is 1. The molecule has 2 rings (SSSR count). The summed E-state index contributed by atoms with van der Waals surface area (Å²) in [6, 6.07) is 5.06. The van der Waals surface area contributed by atoms with Crippen molar-refractivity contribution in [3.05, 3.63) is 29.3 Å². The summed E-state index contributed by atoms with van der Waals surface area (Å²) in [5.74, 6) is -0.746. The summed E-state index contributed by atoms with van der Waals surface area (Å²) in [4.78, 5) is 35.4. The molecule has 0 aliphatic carbocycles. The predicted molar refractivity (Wildman–Crippen MR) is 64.5 cm³/mol. The first kappa shape index (κ1) is 12.3. The van der Waals surface area contributed by atoms with E-state index >= 15 is 0 Å². The van der Waals surface area contributed by atoms with Crippen LogP contribution in [0.15, 0.2) is 18.2 Å². The molecule has 1 amide bonds. The molecule has 0 N–H and O–H groups in total. The molecular formula is C13H13NO4. The number of hydrogen-bond donors (Lipinski definition) is 0. The lowest BCUT2D eigenvalue weighted by molar-refractivity contribution is -0.139. The van der Waals surface area contributed by atoms with Crippen LogP contribution in [0.25, 0.3) is 0 Å². The molecule has 1 aromatic rings. The summed E-state index contributed by atoms with van der Waals surface area (Å²) < 4.78 is 4.65. The predicted octanol–water partition coefficient (Wildman–Crippen LogP) is 0.951. The Morgan fingerprint density at radius 3 is 2.78 bits per heavy atom. The zero-order chi connectivity index (χ0) is 13.3. The quantitative estimate of drug-likeness (QED) is 0.589. The van der Waals surface area contributed by atoms with Gasteiger partial charge in [0.05, 0.1) is 6.42 Å². The number of carbonyl (C=O) groups excluding carboxylic acids is 3. The van der Waals surface area contributed by atoms with Gasteiger partial charge in [-0.1, -0.05) is 0 Å². The summed E-state index contributed by atoms with van der Waals surface area (Å²) in [6.07, 6.45) is 0.306. The molecule has 0 bridgehead atoms. The van der Waals surface area contributed by atoms with Crippen LogP contribution in [-0.4, -0.2) is 31.3 Å². The van der Waals surface area contributed by atoms with Crippen molar-refractivity contribution in [1.29, 1.82) is 0 Å². The average Bonchev–Trinajstić information content (AvgIpc) is 2.61. The van der Waals surface area contributed by atoms with E-state index in [9.17, 15) is 14.4 Å². The van der Waals surface area contributed by atoms with Gasteiger partial charge in [-0.2, -0.15) is 0 Å². The Labute approximate surface area is 104 Å². The van der Waals surface area contributed by atoms with Gasteiger partial charge < -0.3 is 9.64 Å². The minimum atomic E-state index is -0.487. The van der Waals surface area contributed by atoms with Crippen molar-refractivity contribution in [1.82, 2.24) is 0 Å². The first-order chi connectivity index (χ1) is 8.49. The number of anilines is 1. The van der Waals surface area contributed by atoms with Gasteiger partial charge in [0, 0.05) is 25.2 Å². The highest BCUT2D eigenvalue weighted by molar-refractivity contribution is 6.03. The molecule has 18 heavy (non-hydrogen) atoms. The lowest BCUT2D eigenvalue weighted by Gasteiger charge is -2.10. The zero-order valence-corrected chi connectivity index (χ0v) is 10.2. The lowest BCUT2D eigenvalue weighted by atomic mass is 10.1. The van der Waals surface area contributed by atoms with Crippen LogP contribution in [0.5, 0.6) is 0 Å². The third-order valence-electron chi connectivity index (χ3n) is 2.89. The number of carbonyl (C=O) groups is 3. The number of hydrogen-bond acceptors (Lipinski definition) is 4. The number of ketones is 1. The third kappa shape index (κ3) is 2.25. The number of benzene rings is 1. The van der Waals surface area contributed by atoms with Gasteiger partial charge in [-0.05, 0) is 23.8 Å². The Hall–Kier alpha value is -2.17. The largest absolute Gasteiger partial charge is 0.457 e. The van der Waals surface area contributed by atoms with Gasteiger partial charge in [-0.25, -0.2) is 0 Å². The Balaban J connectivity index is 2.18. The van der Waals surface area contributed by atoms with E-state index in [1.54, 1.807) is 30.1 Å². The molecule has 0 atom stereocenters. The molecule has 5 heteroatoms. The van der Waals surface area contributed by atoms with Crippen molar-refractivity contribution in [3.63, 3.8) is 0 Å². The van der Waals surface area contributed by atoms with Crippen molar-refractivity contribution >= 4 is 23.3 Å². The van der Waals surface area contributed by atoms with E-state index in [-0.39, 0.29) is 18.3 Å². The summed E-state index contributed by atoms with van der Waals surface area (Å²) in [5, 5.41) is 0. The Morgan fingerprint density at radius 2 is 2.11 bits per heavy atom. The molecule has 0 saturated heterocycles. The smallest absolute Gasteiger partial charge is 0.303 e. The van der Waals surface area contributed by atoms with E-state index in [1.807, 2.05) is 0 Å². The Morgan fingerprint density at radius 1 is 1.39 bits per heavy atom. The van der Waals surface area contributed by atoms with Crippen LogP contribution in [0.2, 0.25) is 0 Å². The molecule has 1 aromatic carbocycles. The maximum atomic E-state index is 11.7. The van der Waals surface area contributed by atoms with Gasteiger partial charge >= 0.3 is 5.97 Å². The molecule has 0 saturated carbocycles. The van der Waals surface area contributed by atoms with Gasteiger partial charge in [0.2, 0.25) is 5.91 Å². The van der Waals surface area contributed by atoms with Crippen LogP contribution < -0.4 is 4.90 Å². The first-order valence-electron chi connectivity index (χ1n) is 5.55. The maximum absolute atomic E-state index is 11.7. The summed E-state index contributed by atoms with van der Waals surface area (Å²) in [6.45, 7) is 0.988. The van der Waals surface area contributed by atoms with Crippen LogP contribution in [0, 0.1) is 0 Å². The number of ether oxygens (including phenoxy) is 1. The molecule has 0 unspecified atom stereocenters. The van der Waals surface area contributed by atoms with Crippen LogP contribution in [0.4, 0.5) is 5.69 Å². The normalized spacial score (nSPS) is 13.4. The highest BCUT2D eigenvalue weighted by atomic mass is 16.5. The fourth-order valence-corrected chi connectivity index (χ4v) is 1.89. The van der Waals surface area contributed by atoms with E-state index in [2.05, 4.69) is 4.74 Å². The molecule has 1 aliphatic heterocycles. The second kappa shape index (κ2) is 4.60. The fraction of sp³-hybridized carbons (Fsp3) is 0.308. The number of likely N-dealkylation sites (N-methyl/N-ethyl adjacent to an activating group) is 1. The second-order valence-corrected chi connectivity index (χ2v) is 4.18. The van der Waals surface area contributed by atoms with Gasteiger partial charge in [-0.15, -0.1) is 0 Å². The van der Waals surface area contributed by atoms with Crippen molar-refractivity contribution < 1.29 is 19.1 Å². The highest BCUT2D eigenvalue weighted by Gasteiger charge is 2.24. The Bertz CT molecular complexity index is 536. The molecule has 1 aliphatic rings. The molecule has 0 aromatic heterocycles. The van der Waals surface area contributed by atoms with E-state index in [1.165, 1.54) is 6.92 Å². The van der Waals surface area contributed by atoms with Crippen LogP contribution >= 0.6 is 0 Å². The van der Waals surface area contributed by atoms with E-state index in [0.29, 0.717) is 12.0 Å². The standard InChI is InChI=1S/C13H13NO4/c1-8(15)18-7-12(16)9-3-4-11-10(5-9)6-13(17)14(11)2/h3-5H,6-7H2,1-2H3. The molecule has 5 nitrogen and oxygen atoms in total. The molecular weight excluding hydrogens is 234 g/mol. The van der Waals surface area contributed by atoms with E-state index in [4.69, 9.17) is 0 Å². The highest BCUT2D eigenvalue weighted by Crippen LogP contribution is 2.28. The molecule has 0 radical (unpaired) electrons. The van der Waals surface area contributed by atoms with Crippen LogP contribution in [-0.2, 0) is 20.7 Å². The van der Waals surface area contributed by atoms with Crippen LogP contribution in [0.1, 0.15) is 22.8 Å². The monoisotopic (exact) mass is 247 g/mol. The van der Waals surface area contributed by atoms with Crippen molar-refractivity contribution in [2.75, 3.05) is 18.6 Å². The van der Waals surface area contributed by atoms with Gasteiger partial charge in [0.25, 0.3) is 0 Å². The number of amides is 1. The minimum Gasteiger partial charge on any atom is -0.457 e. The van der Waals surface area contributed by atoms with Gasteiger partial charge in [-0.3, -0.25) is 14.4 Å². The summed E-state index contributed by atoms with van der Waals surface area (Å²) >= 11 is 0. The van der Waals surface area contributed by atoms with E-state index < -0.39 is 5.97 Å². The SMILES string of the molecule is CC(=O)OCC(=O)c1ccc2c(c1)CC(=O)N2C. The average molecular weight is 247 g/mol. The van der Waals surface area contributed by atoms with Crippen LogP contribution in [0.3, 0.4) is 0 Å². The molecule has 94 valence electrons. The van der Waals surface area contributed by atoms with Crippen molar-refractivity contribution in [2.24, 2.45) is 0 Å². The zero-order valence-electron chi connectivity index (χ0n) is 10.2. The van der Waals surface area contributed by atoms with Crippen molar-refractivity contribution in [2.45, 2.75) is 13.3 Å². The first-order valence-corrected chi connectivity index (χ1v) is 5.55. The number of esters is 1. The third-order valence-corrected chi connectivity index (χ3v) is 2.89. The maximum Gasteiger partial charge on any atom is 0.303 e. The van der Waals surface area contributed by atoms with E-state index in [0.717, 1.165) is 11.3 Å². The van der Waals surface area contributed by atoms with Gasteiger partial charge in [0.1, 0.15) is 0 Å². The molecule has 0 fully saturated rings. The number of nitrogens with zero attached hydrogens (tertiary/aromatic N) is 1. The Kier molecular flexibility index (Phi) is 3.14. The topological polar surface area (TPSA) is 63.7 Å². The lowest BCUT2D eigenvalue weighted by Crippen LogP contribution is -2.20. The minimum absolute atomic E-state index is 0.00887. The molecule has 1 heterocycles. The number of rotatable bonds is 3. The molecule has 0 spiro atoms. The number of Topliss-reactive ketones (excluding diaryl/α,β-unsaturated/α-hetero) is 1. The summed E-state index contributed by atoms with van der Waals surface area (Å²) in [7, 11) is 1.70. The fourth-order valence-electron chi connectivity index (χ4n) is 1.89. The summed E-state index contributed by atoms with van der Waals surface area (Å²) in [5.41, 5.74) is 2.11. The van der Waals surface area contributed by atoms with Crippen molar-refractivity contribution in [3.8, 4) is 0 Å².